The topological polar surface area (TPSA) is 8.29 Å². The molecule has 146 valence electrons. The lowest BCUT2D eigenvalue weighted by molar-refractivity contribution is -0.643. The van der Waals surface area contributed by atoms with Gasteiger partial charge in [-0.1, -0.05) is 62.1 Å². The highest BCUT2D eigenvalue weighted by molar-refractivity contribution is 6.13. The Bertz CT molecular complexity index is 1330. The summed E-state index contributed by atoms with van der Waals surface area (Å²) in [4.78, 5) is 0. The van der Waals surface area contributed by atoms with Crippen molar-refractivity contribution < 1.29 is 4.57 Å². The maximum atomic E-state index is 2.70. The van der Waals surface area contributed by atoms with E-state index >= 15 is 0 Å². The number of imidazole rings is 1. The van der Waals surface area contributed by atoms with Gasteiger partial charge in [0.1, 0.15) is 11.7 Å². The fourth-order valence-electron chi connectivity index (χ4n) is 7.95. The van der Waals surface area contributed by atoms with Crippen LogP contribution < -0.4 is 4.57 Å². The Balaban J connectivity index is 1.82. The molecule has 3 aliphatic rings. The van der Waals surface area contributed by atoms with E-state index in [-0.39, 0.29) is 0 Å². The number of benzene rings is 2. The Morgan fingerprint density at radius 2 is 1.48 bits per heavy atom. The molecule has 2 fully saturated rings. The van der Waals surface area contributed by atoms with E-state index in [1.165, 1.54) is 84.3 Å². The molecule has 0 atom stereocenters. The zero-order valence-electron chi connectivity index (χ0n) is 17.6. The summed E-state index contributed by atoms with van der Waals surface area (Å²) in [6.45, 7) is 2.28. The molecule has 0 saturated heterocycles. The average Bonchev–Trinajstić information content (AvgIpc) is 3.11. The van der Waals surface area contributed by atoms with Gasteiger partial charge in [-0.25, -0.2) is 4.57 Å². The van der Waals surface area contributed by atoms with Gasteiger partial charge < -0.3 is 0 Å². The maximum absolute atomic E-state index is 2.70. The molecule has 1 aliphatic heterocycles. The van der Waals surface area contributed by atoms with Crippen LogP contribution in [0.2, 0.25) is 0 Å². The van der Waals surface area contributed by atoms with E-state index in [1.807, 2.05) is 0 Å². The Labute approximate surface area is 172 Å². The van der Waals surface area contributed by atoms with Crippen molar-refractivity contribution in [3.63, 3.8) is 0 Å². The molecular weight excluding hydrogens is 352 g/mol. The second-order valence-corrected chi connectivity index (χ2v) is 10.1. The zero-order valence-corrected chi connectivity index (χ0v) is 17.6. The van der Waals surface area contributed by atoms with Crippen molar-refractivity contribution >= 4 is 27.3 Å². The minimum Gasteiger partial charge on any atom is -0.232 e. The molecule has 2 aliphatic carbocycles. The van der Waals surface area contributed by atoms with Crippen molar-refractivity contribution in [2.75, 3.05) is 0 Å². The predicted molar refractivity (Wildman–Crippen MR) is 119 cm³/mol. The number of hydrogen-bond acceptors (Lipinski definition) is 0. The van der Waals surface area contributed by atoms with Gasteiger partial charge in [-0.05, 0) is 38.2 Å². The molecule has 2 nitrogen and oxygen atoms in total. The first kappa shape index (κ1) is 16.4. The minimum absolute atomic E-state index is 0.325. The second kappa shape index (κ2) is 5.22. The number of rotatable bonds is 0. The Kier molecular flexibility index (Phi) is 2.96. The lowest BCUT2D eigenvalue weighted by atomic mass is 9.46. The van der Waals surface area contributed by atoms with E-state index in [1.54, 1.807) is 11.3 Å². The lowest BCUT2D eigenvalue weighted by Gasteiger charge is -2.57. The normalized spacial score (nSPS) is 28.2. The summed E-state index contributed by atoms with van der Waals surface area (Å²) in [6.07, 6.45) is 13.5. The third-order valence-corrected chi connectivity index (χ3v) is 8.99. The molecule has 3 heterocycles. The van der Waals surface area contributed by atoms with Crippen molar-refractivity contribution in [3.05, 3.63) is 59.4 Å². The molecule has 2 aromatic heterocycles. The Morgan fingerprint density at radius 1 is 0.828 bits per heavy atom. The molecule has 2 heteroatoms. The number of fused-ring (bicyclic) bond motifs is 3. The largest absolute Gasteiger partial charge is 0.295 e. The standard InChI is InChI=1S/C27H29N2/c1-18-9-7-10-19-20-11-8-12-21-24(20)29-22(17-28(2)25(29)23(18)19)27-15-5-3-13-26(21,27)14-4-6-16-27/h7-12,17H,3-6,13-16H2,1-2H3/q+1. The molecule has 7 rings (SSSR count). The van der Waals surface area contributed by atoms with Crippen LogP contribution in [0.25, 0.3) is 27.3 Å². The van der Waals surface area contributed by atoms with Crippen molar-refractivity contribution in [1.82, 2.24) is 4.40 Å². The van der Waals surface area contributed by atoms with Gasteiger partial charge in [-0.15, -0.1) is 0 Å². The molecule has 0 amide bonds. The Morgan fingerprint density at radius 3 is 2.24 bits per heavy atom. The Hall–Kier alpha value is -2.35. The number of para-hydroxylation sites is 1. The molecule has 4 aromatic rings. The molecule has 2 saturated carbocycles. The van der Waals surface area contributed by atoms with Crippen LogP contribution in [-0.2, 0) is 17.9 Å². The number of aromatic nitrogens is 2. The first-order valence-electron chi connectivity index (χ1n) is 11.5. The molecular formula is C27H29N2+. The monoisotopic (exact) mass is 381 g/mol. The molecule has 0 spiro atoms. The number of pyridine rings is 1. The maximum Gasteiger partial charge on any atom is 0.295 e. The van der Waals surface area contributed by atoms with Crippen LogP contribution >= 0.6 is 0 Å². The van der Waals surface area contributed by atoms with Crippen LogP contribution in [0.5, 0.6) is 0 Å². The van der Waals surface area contributed by atoms with Crippen LogP contribution in [-0.4, -0.2) is 4.40 Å². The van der Waals surface area contributed by atoms with Crippen LogP contribution in [0.3, 0.4) is 0 Å². The fraction of sp³-hybridized carbons (Fsp3) is 0.444. The molecule has 0 N–H and O–H groups in total. The zero-order chi connectivity index (χ0) is 19.4. The van der Waals surface area contributed by atoms with Crippen molar-refractivity contribution in [3.8, 4) is 0 Å². The highest BCUT2D eigenvalue weighted by Crippen LogP contribution is 2.64. The molecule has 0 bridgehead atoms. The summed E-state index contributed by atoms with van der Waals surface area (Å²) >= 11 is 0. The third kappa shape index (κ3) is 1.67. The SMILES string of the molecule is Cc1cccc2c3cccc4c3n3c(c[n+](C)c3c12)C12CCCCC41CCCC2. The summed E-state index contributed by atoms with van der Waals surface area (Å²) in [5.41, 5.74) is 8.23. The summed E-state index contributed by atoms with van der Waals surface area (Å²) in [5, 5.41) is 4.30. The highest BCUT2D eigenvalue weighted by atomic mass is 15.1. The van der Waals surface area contributed by atoms with Gasteiger partial charge in [-0.3, -0.25) is 0 Å². The summed E-state index contributed by atoms with van der Waals surface area (Å²) < 4.78 is 5.14. The van der Waals surface area contributed by atoms with Crippen molar-refractivity contribution in [2.45, 2.75) is 69.1 Å². The van der Waals surface area contributed by atoms with Crippen molar-refractivity contribution in [1.29, 1.82) is 0 Å². The highest BCUT2D eigenvalue weighted by Gasteiger charge is 2.61. The van der Waals surface area contributed by atoms with E-state index in [4.69, 9.17) is 0 Å². The van der Waals surface area contributed by atoms with E-state index in [0.29, 0.717) is 10.8 Å². The van der Waals surface area contributed by atoms with E-state index < -0.39 is 0 Å². The van der Waals surface area contributed by atoms with Gasteiger partial charge in [0.05, 0.1) is 12.4 Å². The first-order valence-corrected chi connectivity index (χ1v) is 11.5. The lowest BCUT2D eigenvalue weighted by Crippen LogP contribution is -2.55. The van der Waals surface area contributed by atoms with Crippen LogP contribution in [0.15, 0.2) is 42.6 Å². The van der Waals surface area contributed by atoms with Gasteiger partial charge >= 0.3 is 0 Å². The van der Waals surface area contributed by atoms with Crippen LogP contribution in [0, 0.1) is 6.92 Å². The van der Waals surface area contributed by atoms with Gasteiger partial charge in [-0.2, -0.15) is 4.40 Å². The second-order valence-electron chi connectivity index (χ2n) is 10.1. The van der Waals surface area contributed by atoms with Crippen molar-refractivity contribution in [2.24, 2.45) is 7.05 Å². The quantitative estimate of drug-likeness (QED) is 0.260. The van der Waals surface area contributed by atoms with Gasteiger partial charge in [0.2, 0.25) is 0 Å². The van der Waals surface area contributed by atoms with E-state index in [2.05, 4.69) is 65.5 Å². The summed E-state index contributed by atoms with van der Waals surface area (Å²) in [5.74, 6) is 0. The number of aryl methyl sites for hydroxylation is 2. The van der Waals surface area contributed by atoms with E-state index in [0.717, 1.165) is 0 Å². The third-order valence-electron chi connectivity index (χ3n) is 8.99. The van der Waals surface area contributed by atoms with E-state index in [9.17, 15) is 0 Å². The average molecular weight is 382 g/mol. The van der Waals surface area contributed by atoms with Gasteiger partial charge in [0.25, 0.3) is 5.65 Å². The number of hydrogen-bond donors (Lipinski definition) is 0. The smallest absolute Gasteiger partial charge is 0.232 e. The minimum atomic E-state index is 0.325. The first-order chi connectivity index (χ1) is 14.2. The fourth-order valence-corrected chi connectivity index (χ4v) is 7.95. The van der Waals surface area contributed by atoms with Crippen LogP contribution in [0.4, 0.5) is 0 Å². The van der Waals surface area contributed by atoms with Gasteiger partial charge in [0.15, 0.2) is 5.69 Å². The van der Waals surface area contributed by atoms with Crippen LogP contribution in [0.1, 0.15) is 68.2 Å². The summed E-state index contributed by atoms with van der Waals surface area (Å²) in [6, 6.07) is 14.1. The number of nitrogens with zero attached hydrogens (tertiary/aromatic N) is 2. The molecule has 29 heavy (non-hydrogen) atoms. The summed E-state index contributed by atoms with van der Waals surface area (Å²) in [7, 11) is 2.27. The molecule has 2 aromatic carbocycles. The molecule has 0 radical (unpaired) electrons. The van der Waals surface area contributed by atoms with Gasteiger partial charge in [0, 0.05) is 27.2 Å². The predicted octanol–water partition coefficient (Wildman–Crippen LogP) is 6.02. The molecule has 0 unspecified atom stereocenters.